The van der Waals surface area contributed by atoms with Gasteiger partial charge in [-0.05, 0) is 31.7 Å². The van der Waals surface area contributed by atoms with Crippen molar-refractivity contribution in [1.82, 2.24) is 10.3 Å². The van der Waals surface area contributed by atoms with Gasteiger partial charge in [0.2, 0.25) is 0 Å². The molecule has 1 aliphatic heterocycles. The van der Waals surface area contributed by atoms with E-state index in [1.165, 1.54) is 48.1 Å². The van der Waals surface area contributed by atoms with E-state index in [1.54, 1.807) is 0 Å². The van der Waals surface area contributed by atoms with Gasteiger partial charge >= 0.3 is 0 Å². The zero-order valence-electron chi connectivity index (χ0n) is 12.7. The first-order valence-electron chi connectivity index (χ1n) is 7.54. The smallest absolute Gasteiger partial charge is 0.185 e. The van der Waals surface area contributed by atoms with Crippen molar-refractivity contribution < 1.29 is 0 Å². The molecule has 3 nitrogen and oxygen atoms in total. The molecule has 1 unspecified atom stereocenters. The molecular weight excluding hydrogens is 254 g/mol. The molecular formula is C15H27N3S. The molecule has 1 atom stereocenters. The molecule has 2 rings (SSSR count). The maximum atomic E-state index is 4.93. The molecule has 19 heavy (non-hydrogen) atoms. The molecule has 0 radical (unpaired) electrons. The van der Waals surface area contributed by atoms with Crippen LogP contribution < -0.4 is 10.2 Å². The van der Waals surface area contributed by atoms with E-state index in [1.807, 2.05) is 18.4 Å². The Balaban J connectivity index is 2.17. The van der Waals surface area contributed by atoms with Crippen LogP contribution in [0.1, 0.15) is 56.5 Å². The van der Waals surface area contributed by atoms with E-state index >= 15 is 0 Å². The monoisotopic (exact) mass is 281 g/mol. The molecule has 2 heterocycles. The van der Waals surface area contributed by atoms with Gasteiger partial charge in [-0.2, -0.15) is 0 Å². The lowest BCUT2D eigenvalue weighted by Crippen LogP contribution is -2.35. The van der Waals surface area contributed by atoms with Gasteiger partial charge < -0.3 is 10.2 Å². The fraction of sp³-hybridized carbons (Fsp3) is 0.800. The molecule has 1 aromatic rings. The Labute approximate surface area is 121 Å². The van der Waals surface area contributed by atoms with Crippen LogP contribution in [0.25, 0.3) is 0 Å². The Morgan fingerprint density at radius 3 is 2.89 bits per heavy atom. The molecule has 0 amide bonds. The van der Waals surface area contributed by atoms with Crippen LogP contribution in [0, 0.1) is 5.92 Å². The van der Waals surface area contributed by atoms with E-state index in [-0.39, 0.29) is 0 Å². The maximum absolute atomic E-state index is 4.93. The van der Waals surface area contributed by atoms with Crippen LogP contribution in [0.3, 0.4) is 0 Å². The van der Waals surface area contributed by atoms with E-state index in [0.717, 1.165) is 12.5 Å². The van der Waals surface area contributed by atoms with Gasteiger partial charge in [-0.25, -0.2) is 4.98 Å². The standard InChI is InChI=1S/C15H27N3S/c1-5-12-7-6-8-18(10-12)15-17-14(11(2)3)13(19-15)9-16-4/h11-12,16H,5-10H2,1-4H3. The quantitative estimate of drug-likeness (QED) is 0.893. The van der Waals surface area contributed by atoms with Crippen LogP contribution in [0.15, 0.2) is 0 Å². The second-order valence-electron chi connectivity index (χ2n) is 5.85. The number of hydrogen-bond donors (Lipinski definition) is 1. The highest BCUT2D eigenvalue weighted by atomic mass is 32.1. The molecule has 1 fully saturated rings. The largest absolute Gasteiger partial charge is 0.348 e. The predicted molar refractivity (Wildman–Crippen MR) is 84.2 cm³/mol. The maximum Gasteiger partial charge on any atom is 0.185 e. The third-order valence-corrected chi connectivity index (χ3v) is 5.10. The minimum absolute atomic E-state index is 0.514. The third kappa shape index (κ3) is 3.48. The van der Waals surface area contributed by atoms with Gasteiger partial charge in [0.1, 0.15) is 0 Å². The minimum Gasteiger partial charge on any atom is -0.348 e. The Morgan fingerprint density at radius 1 is 1.47 bits per heavy atom. The average molecular weight is 281 g/mol. The lowest BCUT2D eigenvalue weighted by molar-refractivity contribution is 0.404. The fourth-order valence-corrected chi connectivity index (χ4v) is 4.06. The van der Waals surface area contributed by atoms with Crippen LogP contribution >= 0.6 is 11.3 Å². The summed E-state index contributed by atoms with van der Waals surface area (Å²) in [5.74, 6) is 1.37. The zero-order valence-corrected chi connectivity index (χ0v) is 13.5. The molecule has 1 aliphatic rings. The molecule has 0 aliphatic carbocycles. The van der Waals surface area contributed by atoms with Crippen LogP contribution in [-0.2, 0) is 6.54 Å². The number of hydrogen-bond acceptors (Lipinski definition) is 4. The summed E-state index contributed by atoms with van der Waals surface area (Å²) in [5, 5.41) is 4.51. The Bertz CT molecular complexity index is 400. The summed E-state index contributed by atoms with van der Waals surface area (Å²) in [6.07, 6.45) is 4.00. The Kier molecular flexibility index (Phi) is 5.22. The van der Waals surface area contributed by atoms with Gasteiger partial charge in [-0.1, -0.05) is 27.2 Å². The molecule has 0 spiro atoms. The highest BCUT2D eigenvalue weighted by molar-refractivity contribution is 7.15. The van der Waals surface area contributed by atoms with Gasteiger partial charge in [0.05, 0.1) is 5.69 Å². The van der Waals surface area contributed by atoms with Crippen LogP contribution in [0.4, 0.5) is 5.13 Å². The molecule has 1 saturated heterocycles. The molecule has 0 aromatic carbocycles. The van der Waals surface area contributed by atoms with E-state index in [9.17, 15) is 0 Å². The van der Waals surface area contributed by atoms with E-state index in [2.05, 4.69) is 31.0 Å². The highest BCUT2D eigenvalue weighted by Crippen LogP contribution is 2.33. The highest BCUT2D eigenvalue weighted by Gasteiger charge is 2.23. The van der Waals surface area contributed by atoms with Gasteiger partial charge in [0, 0.05) is 24.5 Å². The van der Waals surface area contributed by atoms with Crippen LogP contribution in [0.5, 0.6) is 0 Å². The van der Waals surface area contributed by atoms with Crippen LogP contribution in [-0.4, -0.2) is 25.1 Å². The number of rotatable bonds is 5. The summed E-state index contributed by atoms with van der Waals surface area (Å²) < 4.78 is 0. The lowest BCUT2D eigenvalue weighted by atomic mass is 9.96. The van der Waals surface area contributed by atoms with Gasteiger partial charge in [-0.15, -0.1) is 11.3 Å². The number of piperidine rings is 1. The van der Waals surface area contributed by atoms with Crippen molar-refractivity contribution in [3.05, 3.63) is 10.6 Å². The second kappa shape index (κ2) is 6.71. The molecule has 1 N–H and O–H groups in total. The van der Waals surface area contributed by atoms with Gasteiger partial charge in [0.25, 0.3) is 0 Å². The van der Waals surface area contributed by atoms with Crippen molar-refractivity contribution in [2.75, 3.05) is 25.0 Å². The predicted octanol–water partition coefficient (Wildman–Crippen LogP) is 3.61. The third-order valence-electron chi connectivity index (χ3n) is 3.97. The van der Waals surface area contributed by atoms with Crippen molar-refractivity contribution in [3.63, 3.8) is 0 Å². The van der Waals surface area contributed by atoms with E-state index in [0.29, 0.717) is 5.92 Å². The lowest BCUT2D eigenvalue weighted by Gasteiger charge is -2.32. The first kappa shape index (κ1) is 14.8. The average Bonchev–Trinajstić information content (AvgIpc) is 2.83. The zero-order chi connectivity index (χ0) is 13.8. The Hall–Kier alpha value is -0.610. The van der Waals surface area contributed by atoms with Crippen molar-refractivity contribution >= 4 is 16.5 Å². The number of anilines is 1. The van der Waals surface area contributed by atoms with Crippen molar-refractivity contribution in [2.45, 2.75) is 52.5 Å². The normalized spacial score (nSPS) is 20.3. The van der Waals surface area contributed by atoms with Crippen molar-refractivity contribution in [2.24, 2.45) is 5.92 Å². The molecule has 1 aromatic heterocycles. The summed E-state index contributed by atoms with van der Waals surface area (Å²) in [5.41, 5.74) is 1.29. The first-order valence-corrected chi connectivity index (χ1v) is 8.36. The molecule has 4 heteroatoms. The number of thiazole rings is 1. The van der Waals surface area contributed by atoms with Gasteiger partial charge in [0.15, 0.2) is 5.13 Å². The van der Waals surface area contributed by atoms with E-state index in [4.69, 9.17) is 4.98 Å². The number of aromatic nitrogens is 1. The first-order chi connectivity index (χ1) is 9.15. The van der Waals surface area contributed by atoms with E-state index < -0.39 is 0 Å². The van der Waals surface area contributed by atoms with Crippen LogP contribution in [0.2, 0.25) is 0 Å². The summed E-state index contributed by atoms with van der Waals surface area (Å²) in [6, 6.07) is 0. The van der Waals surface area contributed by atoms with Crippen molar-refractivity contribution in [1.29, 1.82) is 0 Å². The molecule has 108 valence electrons. The SMILES string of the molecule is CCC1CCCN(c2nc(C(C)C)c(CNC)s2)C1. The minimum atomic E-state index is 0.514. The summed E-state index contributed by atoms with van der Waals surface area (Å²) in [6.45, 7) is 10.1. The fourth-order valence-electron chi connectivity index (χ4n) is 2.80. The topological polar surface area (TPSA) is 28.2 Å². The molecule has 0 bridgehead atoms. The Morgan fingerprint density at radius 2 is 2.26 bits per heavy atom. The summed E-state index contributed by atoms with van der Waals surface area (Å²) in [4.78, 5) is 8.84. The second-order valence-corrected chi connectivity index (χ2v) is 6.91. The summed E-state index contributed by atoms with van der Waals surface area (Å²) >= 11 is 1.88. The number of nitrogens with one attached hydrogen (secondary N) is 1. The summed E-state index contributed by atoms with van der Waals surface area (Å²) in [7, 11) is 2.01. The van der Waals surface area contributed by atoms with Gasteiger partial charge in [-0.3, -0.25) is 0 Å². The van der Waals surface area contributed by atoms with Crippen molar-refractivity contribution in [3.8, 4) is 0 Å². The number of nitrogens with zero attached hydrogens (tertiary/aromatic N) is 2. The molecule has 0 saturated carbocycles.